The van der Waals surface area contributed by atoms with Crippen LogP contribution in [0.3, 0.4) is 0 Å². The highest BCUT2D eigenvalue weighted by molar-refractivity contribution is 5.60. The third kappa shape index (κ3) is 2.43. The van der Waals surface area contributed by atoms with E-state index in [1.165, 1.54) is 13.0 Å². The van der Waals surface area contributed by atoms with Gasteiger partial charge in [-0.05, 0) is 6.92 Å². The Hall–Kier alpha value is -3.07. The van der Waals surface area contributed by atoms with Crippen molar-refractivity contribution in [2.45, 2.75) is 6.92 Å². The Morgan fingerprint density at radius 3 is 1.73 bits per heavy atom. The van der Waals surface area contributed by atoms with Gasteiger partial charge in [-0.15, -0.1) is 0 Å². The third-order valence-corrected chi connectivity index (χ3v) is 1.47. The summed E-state index contributed by atoms with van der Waals surface area (Å²) >= 11 is 0. The van der Waals surface area contributed by atoms with E-state index in [4.69, 9.17) is 27.6 Å². The number of allylic oxidation sites excluding steroid dienone is 4. The molecule has 68 valence electrons. The third-order valence-electron chi connectivity index (χ3n) is 1.47. The molecule has 0 saturated carbocycles. The molecule has 0 amide bonds. The van der Waals surface area contributed by atoms with Crippen LogP contribution >= 0.6 is 0 Å². The average molecular weight is 193 g/mol. The minimum Gasteiger partial charge on any atom is -0.225 e. The number of rotatable bonds is 1. The predicted molar refractivity (Wildman–Crippen MR) is 48.8 cm³/mol. The molecule has 0 aliphatic carbocycles. The topological polar surface area (TPSA) is 99.5 Å². The van der Waals surface area contributed by atoms with Gasteiger partial charge in [0.15, 0.2) is 0 Å². The lowest BCUT2D eigenvalue weighted by Crippen LogP contribution is -1.91. The van der Waals surface area contributed by atoms with Gasteiger partial charge in [-0.3, -0.25) is 0 Å². The monoisotopic (exact) mass is 193 g/mol. The molecule has 0 radical (unpaired) electrons. The predicted octanol–water partition coefficient (Wildman–Crippen LogP) is 1.57. The van der Waals surface area contributed by atoms with E-state index in [1.54, 1.807) is 18.2 Å². The normalized spacial score (nSPS) is 11.5. The van der Waals surface area contributed by atoms with Crippen LogP contribution in [-0.4, -0.2) is 0 Å². The summed E-state index contributed by atoms with van der Waals surface area (Å²) in [5.41, 5.74) is -1.06. The van der Waals surface area contributed by atoms with Crippen LogP contribution < -0.4 is 0 Å². The standard InChI is InChI=1S/C10H3N5/c1-7(3-11)8(4-12)9(5-13)10(6-14)15-2/h1H3/b8-7-,10-9+. The van der Waals surface area contributed by atoms with Gasteiger partial charge in [0, 0.05) is 5.57 Å². The highest BCUT2D eigenvalue weighted by Crippen LogP contribution is 2.17. The Kier molecular flexibility index (Phi) is 4.42. The van der Waals surface area contributed by atoms with Crippen molar-refractivity contribution in [3.8, 4) is 24.3 Å². The second kappa shape index (κ2) is 5.55. The second-order valence-corrected chi connectivity index (χ2v) is 2.28. The van der Waals surface area contributed by atoms with Gasteiger partial charge in [0.25, 0.3) is 5.70 Å². The first-order chi connectivity index (χ1) is 7.15. The smallest absolute Gasteiger partial charge is 0.225 e. The summed E-state index contributed by atoms with van der Waals surface area (Å²) < 4.78 is 0. The molecule has 0 bridgehead atoms. The van der Waals surface area contributed by atoms with Crippen molar-refractivity contribution in [2.24, 2.45) is 0 Å². The van der Waals surface area contributed by atoms with Crippen LogP contribution in [0.1, 0.15) is 6.92 Å². The quantitative estimate of drug-likeness (QED) is 0.358. The van der Waals surface area contributed by atoms with Crippen LogP contribution in [0.25, 0.3) is 4.85 Å². The largest absolute Gasteiger partial charge is 0.280 e. The summed E-state index contributed by atoms with van der Waals surface area (Å²) in [4.78, 5) is 2.81. The molecule has 15 heavy (non-hydrogen) atoms. The highest BCUT2D eigenvalue weighted by Gasteiger charge is 2.14. The Balaban J connectivity index is 6.07. The number of hydrogen-bond acceptors (Lipinski definition) is 4. The van der Waals surface area contributed by atoms with Gasteiger partial charge in [0.05, 0.1) is 35.9 Å². The van der Waals surface area contributed by atoms with Crippen molar-refractivity contribution in [1.82, 2.24) is 0 Å². The SMILES string of the molecule is [C-]#[N+]/C(C#N)=C(C#N)/C(C#N)=C(/C)C#N. The molecular formula is C10H3N5. The highest BCUT2D eigenvalue weighted by atomic mass is 14.7. The van der Waals surface area contributed by atoms with Gasteiger partial charge in [0.1, 0.15) is 6.07 Å². The van der Waals surface area contributed by atoms with Crippen molar-refractivity contribution >= 4 is 0 Å². The van der Waals surface area contributed by atoms with E-state index in [1.807, 2.05) is 0 Å². The van der Waals surface area contributed by atoms with Gasteiger partial charge < -0.3 is 0 Å². The molecule has 0 heterocycles. The molecule has 5 heteroatoms. The summed E-state index contributed by atoms with van der Waals surface area (Å²) in [6, 6.07) is 6.42. The molecule has 0 aliphatic rings. The summed E-state index contributed by atoms with van der Waals surface area (Å²) in [7, 11) is 0. The van der Waals surface area contributed by atoms with E-state index in [2.05, 4.69) is 4.85 Å². The summed E-state index contributed by atoms with van der Waals surface area (Å²) in [6.45, 7) is 7.98. The number of hydrogen-bond donors (Lipinski definition) is 0. The first kappa shape index (κ1) is 11.9. The fourth-order valence-corrected chi connectivity index (χ4v) is 0.747. The van der Waals surface area contributed by atoms with E-state index >= 15 is 0 Å². The number of nitriles is 4. The molecular weight excluding hydrogens is 190 g/mol. The summed E-state index contributed by atoms with van der Waals surface area (Å²) in [6.07, 6.45) is 0. The van der Waals surface area contributed by atoms with E-state index in [-0.39, 0.29) is 16.7 Å². The lowest BCUT2D eigenvalue weighted by molar-refractivity contribution is 1.34. The van der Waals surface area contributed by atoms with E-state index in [0.29, 0.717) is 0 Å². The fraction of sp³-hybridized carbons (Fsp3) is 0.100. The Bertz CT molecular complexity index is 527. The molecule has 0 aromatic carbocycles. The fourth-order valence-electron chi connectivity index (χ4n) is 0.747. The lowest BCUT2D eigenvalue weighted by Gasteiger charge is -1.96. The zero-order valence-electron chi connectivity index (χ0n) is 7.74. The number of nitrogens with zero attached hydrogens (tertiary/aromatic N) is 5. The van der Waals surface area contributed by atoms with Crippen molar-refractivity contribution < 1.29 is 0 Å². The maximum absolute atomic E-state index is 8.71. The van der Waals surface area contributed by atoms with E-state index in [0.717, 1.165) is 0 Å². The first-order valence-electron chi connectivity index (χ1n) is 3.59. The van der Waals surface area contributed by atoms with Gasteiger partial charge in [-0.25, -0.2) is 10.1 Å². The zero-order valence-corrected chi connectivity index (χ0v) is 7.74. The minimum absolute atomic E-state index is 0.00505. The molecule has 5 nitrogen and oxygen atoms in total. The molecule has 0 aliphatic heterocycles. The molecule has 0 unspecified atom stereocenters. The summed E-state index contributed by atoms with van der Waals surface area (Å²) in [5.74, 6) is 0. The Labute approximate surface area is 86.8 Å². The molecule has 0 rings (SSSR count). The van der Waals surface area contributed by atoms with Crippen LogP contribution in [0.4, 0.5) is 0 Å². The zero-order chi connectivity index (χ0) is 11.8. The molecule has 0 atom stereocenters. The van der Waals surface area contributed by atoms with Crippen LogP contribution in [0.5, 0.6) is 0 Å². The molecule has 0 aromatic rings. The van der Waals surface area contributed by atoms with Crippen LogP contribution in [0, 0.1) is 51.9 Å². The van der Waals surface area contributed by atoms with Gasteiger partial charge in [-0.2, -0.15) is 15.8 Å². The first-order valence-corrected chi connectivity index (χ1v) is 3.59. The summed E-state index contributed by atoms with van der Waals surface area (Å²) in [5, 5.41) is 34.5. The minimum atomic E-state index is -0.483. The van der Waals surface area contributed by atoms with Crippen LogP contribution in [-0.2, 0) is 0 Å². The maximum atomic E-state index is 8.71. The van der Waals surface area contributed by atoms with Crippen LogP contribution in [0.2, 0.25) is 0 Å². The molecule has 0 spiro atoms. The van der Waals surface area contributed by atoms with Crippen molar-refractivity contribution in [2.75, 3.05) is 0 Å². The lowest BCUT2D eigenvalue weighted by atomic mass is 10.0. The van der Waals surface area contributed by atoms with Crippen molar-refractivity contribution in [1.29, 1.82) is 21.0 Å². The van der Waals surface area contributed by atoms with Gasteiger partial charge in [0.2, 0.25) is 0 Å². The molecule has 0 N–H and O–H groups in total. The Morgan fingerprint density at radius 1 is 0.933 bits per heavy atom. The van der Waals surface area contributed by atoms with Crippen molar-refractivity contribution in [3.63, 3.8) is 0 Å². The van der Waals surface area contributed by atoms with E-state index < -0.39 is 5.70 Å². The average Bonchev–Trinajstić information content (AvgIpc) is 2.28. The maximum Gasteiger partial charge on any atom is 0.280 e. The van der Waals surface area contributed by atoms with Crippen molar-refractivity contribution in [3.05, 3.63) is 33.8 Å². The Morgan fingerprint density at radius 2 is 1.47 bits per heavy atom. The van der Waals surface area contributed by atoms with E-state index in [9.17, 15) is 0 Å². The van der Waals surface area contributed by atoms with Gasteiger partial charge >= 0.3 is 0 Å². The van der Waals surface area contributed by atoms with Gasteiger partial charge in [-0.1, -0.05) is 0 Å². The molecule has 0 saturated heterocycles. The molecule has 0 fully saturated rings. The second-order valence-electron chi connectivity index (χ2n) is 2.28. The molecule has 0 aromatic heterocycles. The van der Waals surface area contributed by atoms with Crippen LogP contribution in [0.15, 0.2) is 22.4 Å².